The number of nitrogens with one attached hydrogen (secondary N) is 2. The zero-order valence-corrected chi connectivity index (χ0v) is 17.1. The number of rotatable bonds is 10. The summed E-state index contributed by atoms with van der Waals surface area (Å²) in [5.41, 5.74) is -0.215. The predicted octanol–water partition coefficient (Wildman–Crippen LogP) is 0.781. The monoisotopic (exact) mass is 382 g/mol. The number of methoxy groups -OCH3 is 1. The van der Waals surface area contributed by atoms with Crippen LogP contribution in [-0.4, -0.2) is 73.0 Å². The molecule has 9 nitrogen and oxygen atoms in total. The molecule has 1 fully saturated rings. The Morgan fingerprint density at radius 3 is 2.70 bits per heavy atom. The van der Waals surface area contributed by atoms with E-state index in [9.17, 15) is 0 Å². The average Bonchev–Trinajstić information content (AvgIpc) is 3.02. The number of hydrogen-bond acceptors (Lipinski definition) is 6. The Hall–Kier alpha value is -1.71. The van der Waals surface area contributed by atoms with E-state index in [1.54, 1.807) is 7.11 Å². The van der Waals surface area contributed by atoms with E-state index in [1.807, 2.05) is 25.5 Å². The average molecular weight is 383 g/mol. The summed E-state index contributed by atoms with van der Waals surface area (Å²) in [5.74, 6) is 2.45. The van der Waals surface area contributed by atoms with Crippen molar-refractivity contribution in [1.29, 1.82) is 0 Å². The van der Waals surface area contributed by atoms with Gasteiger partial charge in [-0.15, -0.1) is 10.2 Å². The number of nitrogens with zero attached hydrogens (tertiary/aromatic N) is 4. The second-order valence-corrected chi connectivity index (χ2v) is 6.72. The van der Waals surface area contributed by atoms with Crippen LogP contribution in [-0.2, 0) is 27.8 Å². The number of aryl methyl sites for hydroxylation is 1. The Labute approximate surface area is 161 Å². The van der Waals surface area contributed by atoms with Gasteiger partial charge in [0, 0.05) is 66.5 Å². The quantitative estimate of drug-likeness (QED) is 0.351. The van der Waals surface area contributed by atoms with Crippen molar-refractivity contribution in [1.82, 2.24) is 25.4 Å². The molecule has 2 heterocycles. The first-order chi connectivity index (χ1) is 13.1. The minimum atomic E-state index is -0.215. The van der Waals surface area contributed by atoms with Gasteiger partial charge in [0.2, 0.25) is 0 Å². The fraction of sp³-hybridized carbons (Fsp3) is 0.833. The van der Waals surface area contributed by atoms with Crippen LogP contribution in [0.2, 0.25) is 0 Å². The molecule has 0 amide bonds. The Morgan fingerprint density at radius 1 is 1.30 bits per heavy atom. The van der Waals surface area contributed by atoms with Gasteiger partial charge in [-0.1, -0.05) is 0 Å². The lowest BCUT2D eigenvalue weighted by atomic mass is 9.94. The van der Waals surface area contributed by atoms with Gasteiger partial charge >= 0.3 is 0 Å². The lowest BCUT2D eigenvalue weighted by Crippen LogP contribution is -2.51. The zero-order chi connectivity index (χ0) is 19.5. The Kier molecular flexibility index (Phi) is 8.96. The molecule has 9 heteroatoms. The lowest BCUT2D eigenvalue weighted by molar-refractivity contribution is -0.0855. The van der Waals surface area contributed by atoms with E-state index in [2.05, 4.69) is 25.8 Å². The van der Waals surface area contributed by atoms with E-state index in [1.165, 1.54) is 0 Å². The first kappa shape index (κ1) is 21.6. The molecule has 0 aromatic carbocycles. The number of aromatic nitrogens is 3. The second-order valence-electron chi connectivity index (χ2n) is 6.72. The Balaban J connectivity index is 1.95. The van der Waals surface area contributed by atoms with Crippen LogP contribution in [0.4, 0.5) is 0 Å². The molecule has 1 aliphatic heterocycles. The van der Waals surface area contributed by atoms with Gasteiger partial charge in [-0.2, -0.15) is 0 Å². The third-order valence-electron chi connectivity index (χ3n) is 4.94. The molecule has 1 aromatic heterocycles. The maximum Gasteiger partial charge on any atom is 0.191 e. The maximum atomic E-state index is 5.80. The van der Waals surface area contributed by atoms with Crippen LogP contribution in [0.3, 0.4) is 0 Å². The van der Waals surface area contributed by atoms with E-state index in [0.29, 0.717) is 13.1 Å². The van der Waals surface area contributed by atoms with E-state index < -0.39 is 0 Å². The maximum absolute atomic E-state index is 5.80. The van der Waals surface area contributed by atoms with Crippen LogP contribution in [0.5, 0.6) is 0 Å². The molecule has 0 spiro atoms. The van der Waals surface area contributed by atoms with Crippen LogP contribution in [0.25, 0.3) is 0 Å². The highest BCUT2D eigenvalue weighted by molar-refractivity contribution is 5.79. The molecule has 0 saturated carbocycles. The van der Waals surface area contributed by atoms with Gasteiger partial charge in [-0.3, -0.25) is 0 Å². The fourth-order valence-corrected chi connectivity index (χ4v) is 2.88. The molecule has 1 saturated heterocycles. The topological polar surface area (TPSA) is 94.8 Å². The molecule has 1 aliphatic rings. The zero-order valence-electron chi connectivity index (χ0n) is 17.1. The summed E-state index contributed by atoms with van der Waals surface area (Å²) >= 11 is 0. The van der Waals surface area contributed by atoms with Gasteiger partial charge < -0.3 is 29.4 Å². The normalized spacial score (nSPS) is 17.1. The lowest BCUT2D eigenvalue weighted by Gasteiger charge is -2.36. The first-order valence-electron chi connectivity index (χ1n) is 9.68. The third-order valence-corrected chi connectivity index (χ3v) is 4.94. The van der Waals surface area contributed by atoms with E-state index in [4.69, 9.17) is 14.2 Å². The van der Waals surface area contributed by atoms with Crippen molar-refractivity contribution in [2.45, 2.75) is 45.3 Å². The summed E-state index contributed by atoms with van der Waals surface area (Å²) in [6.07, 6.45) is 2.66. The van der Waals surface area contributed by atoms with Crippen LogP contribution >= 0.6 is 0 Å². The summed E-state index contributed by atoms with van der Waals surface area (Å²) in [4.78, 5) is 4.68. The van der Waals surface area contributed by atoms with Crippen molar-refractivity contribution in [2.75, 3.05) is 46.6 Å². The molecule has 1 aromatic rings. The number of aliphatic imine (C=N–C) groups is 1. The molecule has 0 aliphatic carbocycles. The minimum Gasteiger partial charge on any atom is -0.382 e. The Bertz CT molecular complexity index is 584. The van der Waals surface area contributed by atoms with Crippen LogP contribution in [0.15, 0.2) is 4.99 Å². The molecular formula is C18H34N6O3. The molecule has 0 bridgehead atoms. The smallest absolute Gasteiger partial charge is 0.191 e. The van der Waals surface area contributed by atoms with Crippen molar-refractivity contribution in [3.05, 3.63) is 11.6 Å². The largest absolute Gasteiger partial charge is 0.382 e. The van der Waals surface area contributed by atoms with Crippen LogP contribution in [0, 0.1) is 6.92 Å². The highest BCUT2D eigenvalue weighted by Gasteiger charge is 2.32. The van der Waals surface area contributed by atoms with Crippen molar-refractivity contribution in [3.8, 4) is 0 Å². The van der Waals surface area contributed by atoms with E-state index in [-0.39, 0.29) is 5.60 Å². The molecule has 0 radical (unpaired) electrons. The second kappa shape index (κ2) is 11.2. The number of ether oxygens (including phenoxy) is 3. The van der Waals surface area contributed by atoms with Crippen LogP contribution in [0.1, 0.15) is 37.8 Å². The molecule has 0 unspecified atom stereocenters. The summed E-state index contributed by atoms with van der Waals surface area (Å²) in [6.45, 7) is 8.78. The SMILES string of the molecule is CCOCCCNC(=NCc1nnc(C)n1C)NCC1(OC)CCOCC1. The van der Waals surface area contributed by atoms with Crippen molar-refractivity contribution in [2.24, 2.45) is 12.0 Å². The molecule has 2 rings (SSSR count). The highest BCUT2D eigenvalue weighted by Crippen LogP contribution is 2.23. The van der Waals surface area contributed by atoms with Crippen molar-refractivity contribution >= 4 is 5.96 Å². The standard InChI is InChI=1S/C18H34N6O3/c1-5-26-10-6-9-19-17(20-13-16-23-22-15(2)24(16)3)21-14-18(25-4)7-11-27-12-8-18/h5-14H2,1-4H3,(H2,19,20,21). The van der Waals surface area contributed by atoms with Gasteiger partial charge in [0.1, 0.15) is 12.4 Å². The Morgan fingerprint density at radius 2 is 2.07 bits per heavy atom. The van der Waals surface area contributed by atoms with Crippen molar-refractivity contribution < 1.29 is 14.2 Å². The van der Waals surface area contributed by atoms with Gasteiger partial charge in [0.15, 0.2) is 11.8 Å². The summed E-state index contributed by atoms with van der Waals surface area (Å²) in [7, 11) is 3.71. The highest BCUT2D eigenvalue weighted by atomic mass is 16.5. The van der Waals surface area contributed by atoms with E-state index in [0.717, 1.165) is 69.8 Å². The number of guanidine groups is 1. The van der Waals surface area contributed by atoms with Gasteiger partial charge in [0.05, 0.1) is 5.60 Å². The summed E-state index contributed by atoms with van der Waals surface area (Å²) in [6, 6.07) is 0. The molecular weight excluding hydrogens is 348 g/mol. The molecule has 154 valence electrons. The number of hydrogen-bond donors (Lipinski definition) is 2. The van der Waals surface area contributed by atoms with Gasteiger partial charge in [-0.25, -0.2) is 4.99 Å². The predicted molar refractivity (Wildman–Crippen MR) is 104 cm³/mol. The third kappa shape index (κ3) is 6.75. The van der Waals surface area contributed by atoms with Gasteiger partial charge in [-0.05, 0) is 20.3 Å². The van der Waals surface area contributed by atoms with Crippen LogP contribution < -0.4 is 10.6 Å². The first-order valence-corrected chi connectivity index (χ1v) is 9.68. The summed E-state index contributed by atoms with van der Waals surface area (Å²) < 4.78 is 18.6. The van der Waals surface area contributed by atoms with Gasteiger partial charge in [0.25, 0.3) is 0 Å². The molecule has 2 N–H and O–H groups in total. The fourth-order valence-electron chi connectivity index (χ4n) is 2.88. The molecule has 0 atom stereocenters. The minimum absolute atomic E-state index is 0.215. The van der Waals surface area contributed by atoms with E-state index >= 15 is 0 Å². The molecule has 27 heavy (non-hydrogen) atoms. The summed E-state index contributed by atoms with van der Waals surface area (Å²) in [5, 5.41) is 15.1. The van der Waals surface area contributed by atoms with Crippen molar-refractivity contribution in [3.63, 3.8) is 0 Å².